The van der Waals surface area contributed by atoms with Crippen molar-refractivity contribution in [1.29, 1.82) is 0 Å². The van der Waals surface area contributed by atoms with Crippen molar-refractivity contribution < 1.29 is 13.6 Å². The highest BCUT2D eigenvalue weighted by atomic mass is 19.3. The zero-order valence-corrected chi connectivity index (χ0v) is 7.55. The van der Waals surface area contributed by atoms with Gasteiger partial charge in [0.1, 0.15) is 0 Å². The number of carbonyl (C=O) groups is 1. The lowest BCUT2D eigenvalue weighted by Gasteiger charge is -2.10. The van der Waals surface area contributed by atoms with Gasteiger partial charge in [-0.1, -0.05) is 0 Å². The van der Waals surface area contributed by atoms with Crippen molar-refractivity contribution >= 4 is 5.78 Å². The molecule has 0 spiro atoms. The Kier molecular flexibility index (Phi) is 2.50. The molecule has 1 rings (SSSR count). The van der Waals surface area contributed by atoms with Crippen LogP contribution in [0.2, 0.25) is 0 Å². The normalized spacial score (nSPS) is 11.7. The molecule has 0 amide bonds. The summed E-state index contributed by atoms with van der Waals surface area (Å²) in [5.74, 6) is -2.86. The summed E-state index contributed by atoms with van der Waals surface area (Å²) in [7, 11) is 0. The van der Waals surface area contributed by atoms with E-state index >= 15 is 0 Å². The third-order valence-electron chi connectivity index (χ3n) is 1.62. The van der Waals surface area contributed by atoms with Crippen LogP contribution in [-0.4, -0.2) is 16.3 Å². The molecule has 1 aromatic heterocycles. The second-order valence-electron chi connectivity index (χ2n) is 3.20. The van der Waals surface area contributed by atoms with Crippen LogP contribution in [0.3, 0.4) is 0 Å². The quantitative estimate of drug-likeness (QED) is 0.666. The molecule has 1 heterocycles. The van der Waals surface area contributed by atoms with Crippen molar-refractivity contribution in [1.82, 2.24) is 4.57 Å². The predicted octanol–water partition coefficient (Wildman–Crippen LogP) is 2.35. The highest BCUT2D eigenvalue weighted by Gasteiger charge is 2.21. The predicted molar refractivity (Wildman–Crippen MR) is 45.1 cm³/mol. The van der Waals surface area contributed by atoms with Crippen molar-refractivity contribution in [2.75, 3.05) is 0 Å². The molecule has 0 aromatic carbocycles. The van der Waals surface area contributed by atoms with Gasteiger partial charge in [-0.05, 0) is 13.0 Å². The fraction of sp³-hybridized carbons (Fsp3) is 0.444. The monoisotopic (exact) mass is 187 g/mol. The van der Waals surface area contributed by atoms with Crippen molar-refractivity contribution in [2.45, 2.75) is 26.3 Å². The van der Waals surface area contributed by atoms with Gasteiger partial charge in [0.2, 0.25) is 0 Å². The van der Waals surface area contributed by atoms with E-state index < -0.39 is 5.92 Å². The zero-order valence-electron chi connectivity index (χ0n) is 7.55. The number of nitrogens with zero attached hydrogens (tertiary/aromatic N) is 1. The third kappa shape index (κ3) is 2.97. The number of alkyl halides is 2. The fourth-order valence-electron chi connectivity index (χ4n) is 1.07. The van der Waals surface area contributed by atoms with Crippen molar-refractivity contribution in [3.05, 3.63) is 24.0 Å². The summed E-state index contributed by atoms with van der Waals surface area (Å²) < 4.78 is 26.3. The Hall–Kier alpha value is -1.19. The molecule has 0 bridgehead atoms. The second-order valence-corrected chi connectivity index (χ2v) is 3.20. The van der Waals surface area contributed by atoms with E-state index in [0.29, 0.717) is 5.56 Å². The van der Waals surface area contributed by atoms with Crippen molar-refractivity contribution in [3.8, 4) is 0 Å². The lowest BCUT2D eigenvalue weighted by atomic mass is 10.2. The maximum absolute atomic E-state index is 12.5. The van der Waals surface area contributed by atoms with Gasteiger partial charge in [0.15, 0.2) is 5.78 Å². The molecule has 0 aliphatic rings. The number of hydrogen-bond donors (Lipinski definition) is 0. The molecule has 0 unspecified atom stereocenters. The van der Waals surface area contributed by atoms with E-state index in [1.807, 2.05) is 0 Å². The molecule has 0 saturated heterocycles. The molecule has 4 heteroatoms. The third-order valence-corrected chi connectivity index (χ3v) is 1.62. The molecule has 0 aliphatic carbocycles. The van der Waals surface area contributed by atoms with E-state index in [9.17, 15) is 13.6 Å². The summed E-state index contributed by atoms with van der Waals surface area (Å²) in [4.78, 5) is 10.8. The summed E-state index contributed by atoms with van der Waals surface area (Å²) >= 11 is 0. The van der Waals surface area contributed by atoms with Gasteiger partial charge in [-0.3, -0.25) is 4.79 Å². The molecule has 0 saturated carbocycles. The first-order valence-corrected chi connectivity index (χ1v) is 3.93. The van der Waals surface area contributed by atoms with Crippen molar-refractivity contribution in [2.24, 2.45) is 0 Å². The maximum Gasteiger partial charge on any atom is 0.262 e. The number of aromatic nitrogens is 1. The summed E-state index contributed by atoms with van der Waals surface area (Å²) in [5, 5.41) is 0. The largest absolute Gasteiger partial charge is 0.348 e. The Morgan fingerprint density at radius 2 is 2.23 bits per heavy atom. The number of carbonyl (C=O) groups excluding carboxylic acids is 1. The maximum atomic E-state index is 12.5. The lowest BCUT2D eigenvalue weighted by molar-refractivity contribution is 0.00398. The van der Waals surface area contributed by atoms with Gasteiger partial charge in [0, 0.05) is 24.9 Å². The first-order chi connectivity index (χ1) is 5.88. The van der Waals surface area contributed by atoms with Gasteiger partial charge in [-0.2, -0.15) is 0 Å². The molecule has 13 heavy (non-hydrogen) atoms. The molecular weight excluding hydrogens is 176 g/mol. The van der Waals surface area contributed by atoms with E-state index in [-0.39, 0.29) is 12.3 Å². The van der Waals surface area contributed by atoms with Gasteiger partial charge in [0.05, 0.1) is 6.54 Å². The number of Topliss-reactive ketones (excluding diaryl/α,β-unsaturated/α-hetero) is 1. The van der Waals surface area contributed by atoms with Crippen LogP contribution in [0.25, 0.3) is 0 Å². The molecule has 0 fully saturated rings. The van der Waals surface area contributed by atoms with Gasteiger partial charge in [-0.15, -0.1) is 0 Å². The topological polar surface area (TPSA) is 22.0 Å². The number of ketones is 1. The first-order valence-electron chi connectivity index (χ1n) is 3.93. The Bertz CT molecular complexity index is 312. The zero-order chi connectivity index (χ0) is 10.1. The molecule has 0 radical (unpaired) electrons. The SMILES string of the molecule is CC(=O)c1ccn(CC(C)(F)F)c1. The minimum absolute atomic E-state index is 0.113. The molecular formula is C9H11F2NO. The summed E-state index contributed by atoms with van der Waals surface area (Å²) in [6.07, 6.45) is 2.91. The Labute approximate surface area is 75.2 Å². The number of hydrogen-bond acceptors (Lipinski definition) is 1. The highest BCUT2D eigenvalue weighted by Crippen LogP contribution is 2.15. The Morgan fingerprint density at radius 3 is 2.62 bits per heavy atom. The van der Waals surface area contributed by atoms with Crippen LogP contribution < -0.4 is 0 Å². The Balaban J connectivity index is 2.75. The van der Waals surface area contributed by atoms with Crippen LogP contribution in [0.5, 0.6) is 0 Å². The summed E-state index contributed by atoms with van der Waals surface area (Å²) in [6.45, 7) is 1.87. The van der Waals surface area contributed by atoms with E-state index in [0.717, 1.165) is 6.92 Å². The van der Waals surface area contributed by atoms with Crippen LogP contribution in [0.15, 0.2) is 18.5 Å². The highest BCUT2D eigenvalue weighted by molar-refractivity contribution is 5.93. The van der Waals surface area contributed by atoms with Crippen LogP contribution in [0.4, 0.5) is 8.78 Å². The smallest absolute Gasteiger partial charge is 0.262 e. The number of halogens is 2. The molecule has 1 aromatic rings. The minimum atomic E-state index is -2.74. The average molecular weight is 187 g/mol. The Morgan fingerprint density at radius 1 is 1.62 bits per heavy atom. The first kappa shape index (κ1) is 9.89. The van der Waals surface area contributed by atoms with Gasteiger partial charge >= 0.3 is 0 Å². The van der Waals surface area contributed by atoms with Gasteiger partial charge in [-0.25, -0.2) is 8.78 Å². The van der Waals surface area contributed by atoms with E-state index in [4.69, 9.17) is 0 Å². The van der Waals surface area contributed by atoms with Crippen LogP contribution in [-0.2, 0) is 6.54 Å². The van der Waals surface area contributed by atoms with Crippen LogP contribution in [0.1, 0.15) is 24.2 Å². The van der Waals surface area contributed by atoms with Crippen LogP contribution in [0, 0.1) is 0 Å². The van der Waals surface area contributed by atoms with Gasteiger partial charge < -0.3 is 4.57 Å². The number of rotatable bonds is 3. The molecule has 0 N–H and O–H groups in total. The van der Waals surface area contributed by atoms with E-state index in [2.05, 4.69) is 0 Å². The average Bonchev–Trinajstić information content (AvgIpc) is 2.31. The van der Waals surface area contributed by atoms with E-state index in [1.54, 1.807) is 0 Å². The fourth-order valence-corrected chi connectivity index (χ4v) is 1.07. The molecule has 72 valence electrons. The summed E-state index contributed by atoms with van der Waals surface area (Å²) in [6, 6.07) is 1.54. The van der Waals surface area contributed by atoms with Crippen molar-refractivity contribution in [3.63, 3.8) is 0 Å². The molecule has 0 aliphatic heterocycles. The van der Waals surface area contributed by atoms with E-state index in [1.165, 1.54) is 30.0 Å². The summed E-state index contributed by atoms with van der Waals surface area (Å²) in [5.41, 5.74) is 0.462. The molecule has 0 atom stereocenters. The minimum Gasteiger partial charge on any atom is -0.348 e. The van der Waals surface area contributed by atoms with Crippen LogP contribution >= 0.6 is 0 Å². The second kappa shape index (κ2) is 3.28. The lowest BCUT2D eigenvalue weighted by Crippen LogP contribution is -2.18. The van der Waals surface area contributed by atoms with Gasteiger partial charge in [0.25, 0.3) is 5.92 Å². The standard InChI is InChI=1S/C9H11F2NO/c1-7(13)8-3-4-12(5-8)6-9(2,10)11/h3-5H,6H2,1-2H3. The molecule has 2 nitrogen and oxygen atoms in total.